The van der Waals surface area contributed by atoms with Gasteiger partial charge in [0.2, 0.25) is 0 Å². The third-order valence-corrected chi connectivity index (χ3v) is 6.41. The Labute approximate surface area is 205 Å². The number of hydrogen-bond donors (Lipinski definition) is 1. The van der Waals surface area contributed by atoms with Crippen molar-refractivity contribution in [1.82, 2.24) is 5.32 Å². The number of nitrogens with one attached hydrogen (secondary N) is 1. The van der Waals surface area contributed by atoms with E-state index in [2.05, 4.69) is 65.0 Å². The first kappa shape index (κ1) is 26.3. The SMILES string of the molecule is C=C(CCOCCC1=[N+](CCOC)CCc2ccccc21)c1ccccc1CCNCCOC. The second kappa shape index (κ2) is 14.8. The first-order valence-corrected chi connectivity index (χ1v) is 12.5. The van der Waals surface area contributed by atoms with Gasteiger partial charge in [-0.25, -0.2) is 4.58 Å². The normalized spacial score (nSPS) is 13.2. The Bertz CT molecular complexity index is 938. The molecule has 0 unspecified atom stereocenters. The summed E-state index contributed by atoms with van der Waals surface area (Å²) in [6.45, 7) is 11.0. The highest BCUT2D eigenvalue weighted by Crippen LogP contribution is 2.22. The Morgan fingerprint density at radius 3 is 2.56 bits per heavy atom. The predicted molar refractivity (Wildman–Crippen MR) is 140 cm³/mol. The van der Waals surface area contributed by atoms with E-state index < -0.39 is 0 Å². The lowest BCUT2D eigenvalue weighted by molar-refractivity contribution is -0.532. The van der Waals surface area contributed by atoms with Crippen molar-refractivity contribution in [2.45, 2.75) is 25.7 Å². The van der Waals surface area contributed by atoms with Crippen molar-refractivity contribution in [2.24, 2.45) is 0 Å². The van der Waals surface area contributed by atoms with Crippen LogP contribution in [-0.2, 0) is 27.1 Å². The fraction of sp³-hybridized carbons (Fsp3) is 0.483. The quantitative estimate of drug-likeness (QED) is 0.301. The number of nitrogens with zero attached hydrogens (tertiary/aromatic N) is 1. The van der Waals surface area contributed by atoms with Gasteiger partial charge in [0.1, 0.15) is 13.2 Å². The number of benzene rings is 2. The van der Waals surface area contributed by atoms with Gasteiger partial charge in [-0.2, -0.15) is 0 Å². The van der Waals surface area contributed by atoms with E-state index in [4.69, 9.17) is 14.2 Å². The van der Waals surface area contributed by atoms with Gasteiger partial charge in [-0.1, -0.05) is 49.0 Å². The van der Waals surface area contributed by atoms with Crippen molar-refractivity contribution in [3.8, 4) is 0 Å². The topological polar surface area (TPSA) is 42.7 Å². The second-order valence-electron chi connectivity index (χ2n) is 8.70. The van der Waals surface area contributed by atoms with Crippen LogP contribution in [0.1, 0.15) is 35.1 Å². The van der Waals surface area contributed by atoms with Gasteiger partial charge >= 0.3 is 0 Å². The third kappa shape index (κ3) is 7.88. The minimum absolute atomic E-state index is 0.687. The summed E-state index contributed by atoms with van der Waals surface area (Å²) in [4.78, 5) is 0. The molecule has 0 saturated heterocycles. The van der Waals surface area contributed by atoms with Crippen LogP contribution >= 0.6 is 0 Å². The lowest BCUT2D eigenvalue weighted by atomic mass is 9.95. The zero-order valence-electron chi connectivity index (χ0n) is 21.0. The molecule has 0 bridgehead atoms. The van der Waals surface area contributed by atoms with Crippen molar-refractivity contribution in [1.29, 1.82) is 0 Å². The Balaban J connectivity index is 1.49. The van der Waals surface area contributed by atoms with Crippen LogP contribution in [0, 0.1) is 0 Å². The first-order chi connectivity index (χ1) is 16.7. The minimum atomic E-state index is 0.687. The van der Waals surface area contributed by atoms with Crippen molar-refractivity contribution in [2.75, 3.05) is 66.8 Å². The average Bonchev–Trinajstić information content (AvgIpc) is 2.87. The molecule has 1 heterocycles. The highest BCUT2D eigenvalue weighted by Gasteiger charge is 2.24. The lowest BCUT2D eigenvalue weighted by Crippen LogP contribution is -2.33. The van der Waals surface area contributed by atoms with E-state index >= 15 is 0 Å². The number of fused-ring (bicyclic) bond motifs is 1. The molecule has 2 aromatic rings. The molecule has 184 valence electrons. The fourth-order valence-electron chi connectivity index (χ4n) is 4.53. The standard InChI is InChI=1S/C29H41N2O3/c1-24(27-10-6-4-8-25(27)12-16-30-17-22-32-2)14-20-34-21-15-29-28-11-7-5-9-26(28)13-18-31(29)19-23-33-3/h4-11,30H,1,12-23H2,2-3H3/q+1. The molecule has 1 aliphatic rings. The smallest absolute Gasteiger partial charge is 0.185 e. The number of methoxy groups -OCH3 is 2. The molecule has 1 aliphatic heterocycles. The van der Waals surface area contributed by atoms with Crippen LogP contribution in [0.25, 0.3) is 5.57 Å². The zero-order valence-corrected chi connectivity index (χ0v) is 21.0. The molecule has 0 atom stereocenters. The Kier molecular flexibility index (Phi) is 11.5. The highest BCUT2D eigenvalue weighted by molar-refractivity contribution is 5.98. The Morgan fingerprint density at radius 1 is 0.912 bits per heavy atom. The van der Waals surface area contributed by atoms with Crippen molar-refractivity contribution in [3.05, 3.63) is 77.4 Å². The lowest BCUT2D eigenvalue weighted by Gasteiger charge is -2.19. The number of rotatable bonds is 16. The molecular weight excluding hydrogens is 424 g/mol. The first-order valence-electron chi connectivity index (χ1n) is 12.5. The van der Waals surface area contributed by atoms with Crippen LogP contribution in [0.5, 0.6) is 0 Å². The minimum Gasteiger partial charge on any atom is -0.383 e. The molecule has 3 rings (SSSR count). The molecule has 2 aromatic carbocycles. The molecule has 0 saturated carbocycles. The van der Waals surface area contributed by atoms with E-state index in [0.29, 0.717) is 13.2 Å². The van der Waals surface area contributed by atoms with Crippen molar-refractivity contribution < 1.29 is 18.8 Å². The molecule has 0 spiro atoms. The summed E-state index contributed by atoms with van der Waals surface area (Å²) in [5.41, 5.74) is 7.91. The predicted octanol–water partition coefficient (Wildman–Crippen LogP) is 3.98. The molecule has 0 aliphatic carbocycles. The molecule has 34 heavy (non-hydrogen) atoms. The third-order valence-electron chi connectivity index (χ3n) is 6.41. The van der Waals surface area contributed by atoms with E-state index in [9.17, 15) is 0 Å². The van der Waals surface area contributed by atoms with Crippen LogP contribution in [0.15, 0.2) is 55.1 Å². The molecule has 5 heteroatoms. The van der Waals surface area contributed by atoms with E-state index in [1.807, 2.05) is 0 Å². The maximum absolute atomic E-state index is 6.10. The maximum Gasteiger partial charge on any atom is 0.185 e. The molecular formula is C29H41N2O3+. The molecule has 0 aromatic heterocycles. The van der Waals surface area contributed by atoms with Crippen molar-refractivity contribution in [3.63, 3.8) is 0 Å². The molecule has 5 nitrogen and oxygen atoms in total. The number of hydrogen-bond acceptors (Lipinski definition) is 4. The fourth-order valence-corrected chi connectivity index (χ4v) is 4.53. The van der Waals surface area contributed by atoms with Crippen LogP contribution in [0.2, 0.25) is 0 Å². The molecule has 0 fully saturated rings. The van der Waals surface area contributed by atoms with E-state index in [1.54, 1.807) is 14.2 Å². The van der Waals surface area contributed by atoms with Crippen molar-refractivity contribution >= 4 is 11.3 Å². The van der Waals surface area contributed by atoms with Gasteiger partial charge in [0.15, 0.2) is 12.3 Å². The molecule has 0 radical (unpaired) electrons. The van der Waals surface area contributed by atoms with Gasteiger partial charge in [0.05, 0.1) is 26.2 Å². The second-order valence-corrected chi connectivity index (χ2v) is 8.70. The van der Waals surface area contributed by atoms with Gasteiger partial charge in [0.25, 0.3) is 0 Å². The van der Waals surface area contributed by atoms with Crippen LogP contribution in [-0.4, -0.2) is 77.1 Å². The highest BCUT2D eigenvalue weighted by atomic mass is 16.5. The summed E-state index contributed by atoms with van der Waals surface area (Å²) >= 11 is 0. The van der Waals surface area contributed by atoms with Gasteiger partial charge < -0.3 is 19.5 Å². The summed E-state index contributed by atoms with van der Waals surface area (Å²) in [6.07, 6.45) is 3.82. The van der Waals surface area contributed by atoms with E-state index in [1.165, 1.54) is 28.0 Å². The zero-order chi connectivity index (χ0) is 24.0. The van der Waals surface area contributed by atoms with Gasteiger partial charge in [-0.05, 0) is 47.7 Å². The summed E-state index contributed by atoms with van der Waals surface area (Å²) in [7, 11) is 3.50. The molecule has 1 N–H and O–H groups in total. The average molecular weight is 466 g/mol. The summed E-state index contributed by atoms with van der Waals surface area (Å²) in [5, 5.41) is 3.42. The van der Waals surface area contributed by atoms with Gasteiger partial charge in [-0.3, -0.25) is 0 Å². The Morgan fingerprint density at radius 2 is 1.71 bits per heavy atom. The summed E-state index contributed by atoms with van der Waals surface area (Å²) in [6, 6.07) is 17.3. The van der Waals surface area contributed by atoms with E-state index in [-0.39, 0.29) is 0 Å². The monoisotopic (exact) mass is 465 g/mol. The Hall–Kier alpha value is -2.31. The van der Waals surface area contributed by atoms with Gasteiger partial charge in [-0.15, -0.1) is 0 Å². The summed E-state index contributed by atoms with van der Waals surface area (Å²) < 4.78 is 19.0. The number of ether oxygens (including phenoxy) is 3. The van der Waals surface area contributed by atoms with Crippen LogP contribution in [0.4, 0.5) is 0 Å². The van der Waals surface area contributed by atoms with Crippen LogP contribution < -0.4 is 5.32 Å². The largest absolute Gasteiger partial charge is 0.383 e. The van der Waals surface area contributed by atoms with Crippen LogP contribution in [0.3, 0.4) is 0 Å². The van der Waals surface area contributed by atoms with Gasteiger partial charge in [0, 0.05) is 32.7 Å². The summed E-state index contributed by atoms with van der Waals surface area (Å²) in [5.74, 6) is 0. The van der Waals surface area contributed by atoms with E-state index in [0.717, 1.165) is 70.6 Å². The molecule has 0 amide bonds. The maximum atomic E-state index is 6.10.